The molecule has 0 aliphatic rings. The predicted molar refractivity (Wildman–Crippen MR) is 85.4 cm³/mol. The van der Waals surface area contributed by atoms with E-state index in [1.165, 1.54) is 9.13 Å². The van der Waals surface area contributed by atoms with Crippen LogP contribution in [0.25, 0.3) is 11.1 Å². The normalized spacial score (nSPS) is 10.2. The standard InChI is InChI=1S/C16H15IO2/c1-2-15(18)11-19-16-9-5-13(6-10-16)12-3-7-14(17)8-4-12/h3-10H,2,11H2,1H3. The third-order valence-electron chi connectivity index (χ3n) is 2.83. The molecule has 0 amide bonds. The maximum absolute atomic E-state index is 11.2. The van der Waals surface area contributed by atoms with Gasteiger partial charge in [0.25, 0.3) is 0 Å². The van der Waals surface area contributed by atoms with Crippen molar-refractivity contribution in [3.63, 3.8) is 0 Å². The molecule has 0 aliphatic heterocycles. The summed E-state index contributed by atoms with van der Waals surface area (Å²) < 4.78 is 6.64. The second-order valence-electron chi connectivity index (χ2n) is 4.21. The molecule has 0 spiro atoms. The third kappa shape index (κ3) is 4.06. The van der Waals surface area contributed by atoms with Gasteiger partial charge in [0, 0.05) is 9.99 Å². The van der Waals surface area contributed by atoms with Gasteiger partial charge in [-0.25, -0.2) is 0 Å². The first-order chi connectivity index (χ1) is 9.19. The van der Waals surface area contributed by atoms with Crippen LogP contribution in [0.4, 0.5) is 0 Å². The lowest BCUT2D eigenvalue weighted by Gasteiger charge is -2.06. The number of rotatable bonds is 5. The van der Waals surface area contributed by atoms with Gasteiger partial charge in [-0.2, -0.15) is 0 Å². The van der Waals surface area contributed by atoms with Crippen LogP contribution in [0, 0.1) is 3.57 Å². The molecule has 2 aromatic carbocycles. The Balaban J connectivity index is 2.06. The average molecular weight is 366 g/mol. The fourth-order valence-electron chi connectivity index (χ4n) is 1.65. The van der Waals surface area contributed by atoms with Crippen molar-refractivity contribution < 1.29 is 9.53 Å². The second kappa shape index (κ2) is 6.70. The molecule has 98 valence electrons. The monoisotopic (exact) mass is 366 g/mol. The van der Waals surface area contributed by atoms with Gasteiger partial charge in [0.05, 0.1) is 0 Å². The number of halogens is 1. The molecule has 0 aromatic heterocycles. The molecule has 0 saturated carbocycles. The van der Waals surface area contributed by atoms with Crippen molar-refractivity contribution >= 4 is 28.4 Å². The highest BCUT2D eigenvalue weighted by atomic mass is 127. The Kier molecular flexibility index (Phi) is 4.96. The van der Waals surface area contributed by atoms with Gasteiger partial charge in [0.15, 0.2) is 5.78 Å². The number of hydrogen-bond donors (Lipinski definition) is 0. The molecule has 0 atom stereocenters. The summed E-state index contributed by atoms with van der Waals surface area (Å²) in [5.41, 5.74) is 2.32. The number of ether oxygens (including phenoxy) is 1. The van der Waals surface area contributed by atoms with Crippen molar-refractivity contribution in [2.75, 3.05) is 6.61 Å². The zero-order valence-corrected chi connectivity index (χ0v) is 12.9. The van der Waals surface area contributed by atoms with E-state index in [-0.39, 0.29) is 12.4 Å². The SMILES string of the molecule is CCC(=O)COc1ccc(-c2ccc(I)cc2)cc1. The minimum Gasteiger partial charge on any atom is -0.486 e. The molecule has 0 bridgehead atoms. The van der Waals surface area contributed by atoms with Gasteiger partial charge in [-0.1, -0.05) is 31.2 Å². The van der Waals surface area contributed by atoms with Crippen molar-refractivity contribution in [1.29, 1.82) is 0 Å². The fraction of sp³-hybridized carbons (Fsp3) is 0.188. The van der Waals surface area contributed by atoms with E-state index in [0.29, 0.717) is 6.42 Å². The van der Waals surface area contributed by atoms with Gasteiger partial charge < -0.3 is 4.74 Å². The van der Waals surface area contributed by atoms with Crippen LogP contribution >= 0.6 is 22.6 Å². The number of ketones is 1. The molecule has 0 fully saturated rings. The second-order valence-corrected chi connectivity index (χ2v) is 5.46. The first-order valence-electron chi connectivity index (χ1n) is 6.19. The molecule has 19 heavy (non-hydrogen) atoms. The van der Waals surface area contributed by atoms with Gasteiger partial charge in [-0.15, -0.1) is 0 Å². The van der Waals surface area contributed by atoms with E-state index in [9.17, 15) is 4.79 Å². The van der Waals surface area contributed by atoms with Crippen LogP contribution in [0.5, 0.6) is 5.75 Å². The summed E-state index contributed by atoms with van der Waals surface area (Å²) in [7, 11) is 0. The van der Waals surface area contributed by atoms with E-state index in [1.807, 2.05) is 31.2 Å². The third-order valence-corrected chi connectivity index (χ3v) is 3.55. The van der Waals surface area contributed by atoms with Gasteiger partial charge in [-0.3, -0.25) is 4.79 Å². The highest BCUT2D eigenvalue weighted by molar-refractivity contribution is 14.1. The van der Waals surface area contributed by atoms with E-state index in [0.717, 1.165) is 11.3 Å². The smallest absolute Gasteiger partial charge is 0.169 e. The highest BCUT2D eigenvalue weighted by Gasteiger charge is 2.01. The lowest BCUT2D eigenvalue weighted by molar-refractivity contribution is -0.120. The zero-order valence-electron chi connectivity index (χ0n) is 10.7. The molecule has 0 saturated heterocycles. The molecular weight excluding hydrogens is 351 g/mol. The molecule has 2 nitrogen and oxygen atoms in total. The summed E-state index contributed by atoms with van der Waals surface area (Å²) in [4.78, 5) is 11.2. The Morgan fingerprint density at radius 1 is 1.00 bits per heavy atom. The van der Waals surface area contributed by atoms with Crippen molar-refractivity contribution in [2.45, 2.75) is 13.3 Å². The Bertz CT molecular complexity index is 544. The van der Waals surface area contributed by atoms with Crippen LogP contribution in [0.15, 0.2) is 48.5 Å². The average Bonchev–Trinajstić information content (AvgIpc) is 2.46. The molecule has 2 aromatic rings. The van der Waals surface area contributed by atoms with Gasteiger partial charge in [0.2, 0.25) is 0 Å². The summed E-state index contributed by atoms with van der Waals surface area (Å²) in [6.07, 6.45) is 0.515. The van der Waals surface area contributed by atoms with Crippen molar-refractivity contribution in [1.82, 2.24) is 0 Å². The lowest BCUT2D eigenvalue weighted by Crippen LogP contribution is -2.09. The number of benzene rings is 2. The molecule has 0 radical (unpaired) electrons. The first-order valence-corrected chi connectivity index (χ1v) is 7.27. The van der Waals surface area contributed by atoms with Crippen LogP contribution in [-0.2, 0) is 4.79 Å². The predicted octanol–water partition coefficient (Wildman–Crippen LogP) is 4.32. The molecular formula is C16H15IO2. The number of hydrogen-bond acceptors (Lipinski definition) is 2. The van der Waals surface area contributed by atoms with E-state index >= 15 is 0 Å². The summed E-state index contributed by atoms with van der Waals surface area (Å²) in [6.45, 7) is 1.99. The van der Waals surface area contributed by atoms with Gasteiger partial charge in [0.1, 0.15) is 12.4 Å². The summed E-state index contributed by atoms with van der Waals surface area (Å²) >= 11 is 2.29. The first kappa shape index (κ1) is 14.1. The van der Waals surface area contributed by atoms with Gasteiger partial charge in [-0.05, 0) is 58.0 Å². The maximum Gasteiger partial charge on any atom is 0.169 e. The fourth-order valence-corrected chi connectivity index (χ4v) is 2.01. The Hall–Kier alpha value is -1.36. The van der Waals surface area contributed by atoms with Crippen molar-refractivity contribution in [3.8, 4) is 16.9 Å². The van der Waals surface area contributed by atoms with Crippen LogP contribution in [0.2, 0.25) is 0 Å². The van der Waals surface area contributed by atoms with E-state index in [2.05, 4.69) is 46.9 Å². The minimum atomic E-state index is 0.113. The maximum atomic E-state index is 11.2. The van der Waals surface area contributed by atoms with Crippen LogP contribution in [0.1, 0.15) is 13.3 Å². The van der Waals surface area contributed by atoms with Crippen LogP contribution in [0.3, 0.4) is 0 Å². The summed E-state index contributed by atoms with van der Waals surface area (Å²) in [5, 5.41) is 0. The molecule has 0 aliphatic carbocycles. The summed E-state index contributed by atoms with van der Waals surface area (Å²) in [5.74, 6) is 0.845. The van der Waals surface area contributed by atoms with Crippen molar-refractivity contribution in [2.24, 2.45) is 0 Å². The zero-order chi connectivity index (χ0) is 13.7. The van der Waals surface area contributed by atoms with E-state index in [4.69, 9.17) is 4.74 Å². The molecule has 0 N–H and O–H groups in total. The molecule has 0 unspecified atom stereocenters. The van der Waals surface area contributed by atoms with E-state index < -0.39 is 0 Å². The van der Waals surface area contributed by atoms with Gasteiger partial charge >= 0.3 is 0 Å². The summed E-state index contributed by atoms with van der Waals surface area (Å²) in [6, 6.07) is 16.2. The Morgan fingerprint density at radius 2 is 1.53 bits per heavy atom. The van der Waals surface area contributed by atoms with Crippen molar-refractivity contribution in [3.05, 3.63) is 52.1 Å². The topological polar surface area (TPSA) is 26.3 Å². The van der Waals surface area contributed by atoms with Crippen LogP contribution < -0.4 is 4.74 Å². The highest BCUT2D eigenvalue weighted by Crippen LogP contribution is 2.23. The Morgan fingerprint density at radius 3 is 2.05 bits per heavy atom. The molecule has 0 heterocycles. The largest absolute Gasteiger partial charge is 0.486 e. The van der Waals surface area contributed by atoms with E-state index in [1.54, 1.807) is 0 Å². The minimum absolute atomic E-state index is 0.113. The number of Topliss-reactive ketones (excluding diaryl/α,β-unsaturated/α-hetero) is 1. The quantitative estimate of drug-likeness (QED) is 0.737. The molecule has 2 rings (SSSR count). The Labute approximate surface area is 126 Å². The van der Waals surface area contributed by atoms with Crippen LogP contribution in [-0.4, -0.2) is 12.4 Å². The lowest BCUT2D eigenvalue weighted by atomic mass is 10.1. The number of carbonyl (C=O) groups is 1. The number of carbonyl (C=O) groups excluding carboxylic acids is 1. The molecule has 3 heteroatoms.